The maximum absolute atomic E-state index is 14.8. The van der Waals surface area contributed by atoms with Gasteiger partial charge >= 0.3 is 0 Å². The predicted octanol–water partition coefficient (Wildman–Crippen LogP) is 3.77. The van der Waals surface area contributed by atoms with E-state index in [0.717, 1.165) is 24.1 Å². The molecule has 3 aliphatic rings. The van der Waals surface area contributed by atoms with Gasteiger partial charge in [-0.3, -0.25) is 14.5 Å². The lowest BCUT2D eigenvalue weighted by Crippen LogP contribution is -2.45. The Morgan fingerprint density at radius 2 is 1.78 bits per heavy atom. The van der Waals surface area contributed by atoms with Crippen LogP contribution in [-0.4, -0.2) is 55.1 Å². The van der Waals surface area contributed by atoms with Crippen LogP contribution in [0.1, 0.15) is 29.3 Å². The summed E-state index contributed by atoms with van der Waals surface area (Å²) in [5.74, 6) is -0.148. The number of nitrogens with one attached hydrogen (secondary N) is 2. The van der Waals surface area contributed by atoms with Crippen molar-refractivity contribution < 1.29 is 23.5 Å². The van der Waals surface area contributed by atoms with Gasteiger partial charge in [0.1, 0.15) is 23.4 Å². The van der Waals surface area contributed by atoms with Crippen LogP contribution < -0.4 is 20.1 Å². The summed E-state index contributed by atoms with van der Waals surface area (Å²) in [5, 5.41) is 5.89. The van der Waals surface area contributed by atoms with Gasteiger partial charge in [-0.15, -0.1) is 0 Å². The van der Waals surface area contributed by atoms with Gasteiger partial charge in [0.15, 0.2) is 6.61 Å². The first kappa shape index (κ1) is 24.8. The summed E-state index contributed by atoms with van der Waals surface area (Å²) in [6.07, 6.45) is 0.694. The quantitative estimate of drug-likeness (QED) is 0.557. The van der Waals surface area contributed by atoms with Gasteiger partial charge < -0.3 is 20.1 Å². The minimum Gasteiger partial charge on any atom is -0.487 e. The highest BCUT2D eigenvalue weighted by molar-refractivity contribution is 5.96. The molecular formula is C29H30FN3O4. The van der Waals surface area contributed by atoms with Crippen molar-refractivity contribution in [2.75, 3.05) is 26.2 Å². The maximum atomic E-state index is 14.8. The van der Waals surface area contributed by atoms with E-state index in [1.807, 2.05) is 30.3 Å². The van der Waals surface area contributed by atoms with Gasteiger partial charge in [-0.05, 0) is 66.1 Å². The van der Waals surface area contributed by atoms with Crippen LogP contribution in [-0.2, 0) is 11.3 Å². The first-order valence-corrected chi connectivity index (χ1v) is 12.6. The zero-order valence-corrected chi connectivity index (χ0v) is 20.7. The van der Waals surface area contributed by atoms with E-state index in [1.54, 1.807) is 30.3 Å². The molecule has 0 radical (unpaired) electrons. The Labute approximate surface area is 215 Å². The minimum atomic E-state index is -0.594. The summed E-state index contributed by atoms with van der Waals surface area (Å²) >= 11 is 0. The highest BCUT2D eigenvalue weighted by Gasteiger charge is 2.35. The fraction of sp³-hybridized carbons (Fsp3) is 0.310. The molecule has 192 valence electrons. The maximum Gasteiger partial charge on any atom is 0.258 e. The van der Waals surface area contributed by atoms with Crippen molar-refractivity contribution in [2.45, 2.75) is 32.0 Å². The number of carbonyl (C=O) groups is 2. The molecule has 6 bridgehead atoms. The zero-order valence-electron chi connectivity index (χ0n) is 20.7. The highest BCUT2D eigenvalue weighted by atomic mass is 19.1. The third-order valence-corrected chi connectivity index (χ3v) is 6.65. The molecule has 3 aromatic carbocycles. The monoisotopic (exact) mass is 503 g/mol. The number of likely N-dealkylation sites (tertiary alicyclic amines) is 1. The van der Waals surface area contributed by atoms with E-state index in [0.29, 0.717) is 36.7 Å². The second-order valence-corrected chi connectivity index (χ2v) is 9.43. The van der Waals surface area contributed by atoms with E-state index >= 15 is 0 Å². The van der Waals surface area contributed by atoms with Crippen molar-refractivity contribution in [1.82, 2.24) is 15.5 Å². The fourth-order valence-electron chi connectivity index (χ4n) is 4.76. The fourth-order valence-corrected chi connectivity index (χ4v) is 4.76. The molecule has 0 saturated carbocycles. The Balaban J connectivity index is 1.48. The largest absolute Gasteiger partial charge is 0.487 e. The third-order valence-electron chi connectivity index (χ3n) is 6.65. The van der Waals surface area contributed by atoms with Crippen LogP contribution in [0.5, 0.6) is 11.5 Å². The summed E-state index contributed by atoms with van der Waals surface area (Å²) in [6.45, 7) is 4.50. The number of nitrogens with zero attached hydrogens (tertiary/aromatic N) is 1. The molecule has 1 saturated heterocycles. The molecule has 8 heteroatoms. The molecule has 3 heterocycles. The van der Waals surface area contributed by atoms with Gasteiger partial charge in [0, 0.05) is 19.6 Å². The number of hydrogen-bond donors (Lipinski definition) is 2. The molecule has 3 aliphatic heterocycles. The molecule has 7 nitrogen and oxygen atoms in total. The smallest absolute Gasteiger partial charge is 0.258 e. The average molecular weight is 504 g/mol. The molecule has 37 heavy (non-hydrogen) atoms. The van der Waals surface area contributed by atoms with Crippen molar-refractivity contribution >= 4 is 11.8 Å². The summed E-state index contributed by atoms with van der Waals surface area (Å²) < 4.78 is 26.8. The number of fused-ring (bicyclic) bond motifs is 7. The van der Waals surface area contributed by atoms with Gasteiger partial charge in [0.25, 0.3) is 11.8 Å². The highest BCUT2D eigenvalue weighted by Crippen LogP contribution is 2.27. The van der Waals surface area contributed by atoms with Crippen molar-refractivity contribution in [3.63, 3.8) is 0 Å². The molecule has 0 aliphatic carbocycles. The topological polar surface area (TPSA) is 79.9 Å². The molecule has 3 aromatic rings. The summed E-state index contributed by atoms with van der Waals surface area (Å²) in [5.41, 5.74) is 2.31. The van der Waals surface area contributed by atoms with E-state index in [2.05, 4.69) is 22.5 Å². The first-order chi connectivity index (χ1) is 18.0. The van der Waals surface area contributed by atoms with E-state index < -0.39 is 11.7 Å². The molecular weight excluding hydrogens is 473 g/mol. The summed E-state index contributed by atoms with van der Waals surface area (Å²) in [4.78, 5) is 27.8. The van der Waals surface area contributed by atoms with Gasteiger partial charge in [-0.1, -0.05) is 37.3 Å². The van der Waals surface area contributed by atoms with Crippen LogP contribution in [0.15, 0.2) is 66.7 Å². The lowest BCUT2D eigenvalue weighted by Gasteiger charge is -2.22. The van der Waals surface area contributed by atoms with Gasteiger partial charge in [0.05, 0.1) is 11.6 Å². The third kappa shape index (κ3) is 5.91. The normalized spacial score (nSPS) is 20.3. The Hall–Kier alpha value is -3.91. The Morgan fingerprint density at radius 1 is 0.973 bits per heavy atom. The van der Waals surface area contributed by atoms with Crippen LogP contribution in [0.2, 0.25) is 0 Å². The molecule has 0 aromatic heterocycles. The van der Waals surface area contributed by atoms with Crippen LogP contribution in [0, 0.1) is 5.82 Å². The Morgan fingerprint density at radius 3 is 2.59 bits per heavy atom. The van der Waals surface area contributed by atoms with E-state index in [9.17, 15) is 14.0 Å². The van der Waals surface area contributed by atoms with Crippen LogP contribution >= 0.6 is 0 Å². The second-order valence-electron chi connectivity index (χ2n) is 9.43. The summed E-state index contributed by atoms with van der Waals surface area (Å²) in [6, 6.07) is 18.8. The second kappa shape index (κ2) is 11.0. The average Bonchev–Trinajstić information content (AvgIpc) is 3.27. The molecule has 2 atom stereocenters. The Kier molecular flexibility index (Phi) is 7.37. The van der Waals surface area contributed by atoms with Gasteiger partial charge in [-0.25, -0.2) is 4.39 Å². The standard InChI is InChI=1S/C29H30FN3O4/c1-2-12-33-16-26-27(17-33)37-22-9-6-19(7-10-22)15-31-28(34)18-36-23-5-3-4-20(13-23)21-8-11-25(30)24(14-21)29(35)32-26/h3-11,13-14,26-27H,2,12,15-18H2,1H3,(H,31,34)(H,32,35)/t26-,27-/m0/s1. The molecule has 2 N–H and O–H groups in total. The Bertz CT molecular complexity index is 1280. The number of hydrogen-bond acceptors (Lipinski definition) is 5. The van der Waals surface area contributed by atoms with Crippen molar-refractivity contribution in [1.29, 1.82) is 0 Å². The van der Waals surface area contributed by atoms with Gasteiger partial charge in [0.2, 0.25) is 0 Å². The SMILES string of the molecule is CCCN1C[C@@H]2NC(=O)c3cc(ccc3F)-c3cccc(c3)OCC(=O)NCc3ccc(cc3)O[C@H]2C1. The van der Waals surface area contributed by atoms with Crippen LogP contribution in [0.3, 0.4) is 0 Å². The number of halogens is 1. The van der Waals surface area contributed by atoms with Crippen molar-refractivity contribution in [2.24, 2.45) is 0 Å². The van der Waals surface area contributed by atoms with E-state index in [-0.39, 0.29) is 30.2 Å². The molecule has 2 amide bonds. The minimum absolute atomic E-state index is 0.0327. The van der Waals surface area contributed by atoms with Crippen LogP contribution in [0.25, 0.3) is 11.1 Å². The number of rotatable bonds is 2. The lowest BCUT2D eigenvalue weighted by atomic mass is 10.0. The lowest BCUT2D eigenvalue weighted by molar-refractivity contribution is -0.123. The molecule has 0 spiro atoms. The number of carbonyl (C=O) groups excluding carboxylic acids is 2. The molecule has 6 rings (SSSR count). The molecule has 1 fully saturated rings. The van der Waals surface area contributed by atoms with Crippen molar-refractivity contribution in [3.05, 3.63) is 83.7 Å². The van der Waals surface area contributed by atoms with E-state index in [1.165, 1.54) is 6.07 Å². The van der Waals surface area contributed by atoms with Gasteiger partial charge in [-0.2, -0.15) is 0 Å². The number of amides is 2. The number of benzene rings is 3. The van der Waals surface area contributed by atoms with Crippen molar-refractivity contribution in [3.8, 4) is 22.6 Å². The number of ether oxygens (including phenoxy) is 2. The summed E-state index contributed by atoms with van der Waals surface area (Å²) in [7, 11) is 0. The first-order valence-electron chi connectivity index (χ1n) is 12.6. The molecule has 0 unspecified atom stereocenters. The predicted molar refractivity (Wildman–Crippen MR) is 138 cm³/mol. The van der Waals surface area contributed by atoms with Crippen LogP contribution in [0.4, 0.5) is 4.39 Å². The van der Waals surface area contributed by atoms with E-state index in [4.69, 9.17) is 9.47 Å². The zero-order chi connectivity index (χ0) is 25.8.